The Balaban J connectivity index is 3.32. The molecule has 4 nitrogen and oxygen atoms in total. The molecule has 0 saturated carbocycles. The van der Waals surface area contributed by atoms with Crippen LogP contribution in [0, 0.1) is 0 Å². The smallest absolute Gasteiger partial charge is 0.265 e. The lowest BCUT2D eigenvalue weighted by atomic mass is 10.1. The van der Waals surface area contributed by atoms with E-state index in [1.165, 1.54) is 0 Å². The molecule has 1 rings (SSSR count). The zero-order chi connectivity index (χ0) is 10.7. The van der Waals surface area contributed by atoms with E-state index in [9.17, 15) is 13.6 Å². The second kappa shape index (κ2) is 4.30. The highest BCUT2D eigenvalue weighted by Crippen LogP contribution is 2.21. The largest absolute Gasteiger partial charge is 0.391 e. The molecule has 0 fully saturated rings. The predicted molar refractivity (Wildman–Crippen MR) is 45.8 cm³/mol. The Hall–Kier alpha value is -1.27. The van der Waals surface area contributed by atoms with Crippen LogP contribution >= 0.6 is 0 Å². The third-order valence-corrected chi connectivity index (χ3v) is 1.84. The van der Waals surface area contributed by atoms with Crippen LogP contribution in [0.5, 0.6) is 0 Å². The standard InChI is InChI=1S/C8H10F2N2O2/c9-7(10)5-1-4(3-13)8(14)12-6(5)2-11/h1,7,13H,2-3,11H2,(H,12,14). The van der Waals surface area contributed by atoms with Crippen molar-refractivity contribution in [1.82, 2.24) is 4.98 Å². The van der Waals surface area contributed by atoms with Crippen molar-refractivity contribution in [3.63, 3.8) is 0 Å². The minimum atomic E-state index is -2.71. The number of aliphatic hydroxyl groups is 1. The monoisotopic (exact) mass is 204 g/mol. The quantitative estimate of drug-likeness (QED) is 0.660. The zero-order valence-corrected chi connectivity index (χ0v) is 7.26. The van der Waals surface area contributed by atoms with Gasteiger partial charge in [0.25, 0.3) is 12.0 Å². The summed E-state index contributed by atoms with van der Waals surface area (Å²) in [7, 11) is 0. The van der Waals surface area contributed by atoms with E-state index < -0.39 is 18.6 Å². The molecule has 0 aromatic carbocycles. The number of rotatable bonds is 3. The molecule has 1 aromatic rings. The van der Waals surface area contributed by atoms with Crippen molar-refractivity contribution >= 4 is 0 Å². The van der Waals surface area contributed by atoms with Gasteiger partial charge in [0.15, 0.2) is 0 Å². The van der Waals surface area contributed by atoms with Crippen LogP contribution in [-0.4, -0.2) is 10.1 Å². The third-order valence-electron chi connectivity index (χ3n) is 1.84. The molecule has 14 heavy (non-hydrogen) atoms. The summed E-state index contributed by atoms with van der Waals surface area (Å²) in [5.41, 5.74) is 4.18. The Morgan fingerprint density at radius 2 is 2.21 bits per heavy atom. The van der Waals surface area contributed by atoms with Gasteiger partial charge in [-0.05, 0) is 6.07 Å². The molecule has 0 radical (unpaired) electrons. The van der Waals surface area contributed by atoms with E-state index >= 15 is 0 Å². The van der Waals surface area contributed by atoms with Gasteiger partial charge >= 0.3 is 0 Å². The van der Waals surface area contributed by atoms with Gasteiger partial charge in [0, 0.05) is 23.4 Å². The van der Waals surface area contributed by atoms with Crippen LogP contribution in [0.2, 0.25) is 0 Å². The third kappa shape index (κ3) is 1.97. The Morgan fingerprint density at radius 3 is 2.64 bits per heavy atom. The number of aliphatic hydroxyl groups excluding tert-OH is 1. The van der Waals surface area contributed by atoms with Crippen molar-refractivity contribution in [2.75, 3.05) is 0 Å². The van der Waals surface area contributed by atoms with Gasteiger partial charge in [-0.1, -0.05) is 0 Å². The molecule has 1 aromatic heterocycles. The average Bonchev–Trinajstić information content (AvgIpc) is 2.16. The number of alkyl halides is 2. The van der Waals surface area contributed by atoms with Crippen LogP contribution < -0.4 is 11.3 Å². The number of pyridine rings is 1. The van der Waals surface area contributed by atoms with Crippen LogP contribution in [-0.2, 0) is 13.2 Å². The fraction of sp³-hybridized carbons (Fsp3) is 0.375. The molecule has 0 aliphatic rings. The summed E-state index contributed by atoms with van der Waals surface area (Å²) < 4.78 is 24.8. The van der Waals surface area contributed by atoms with Crippen molar-refractivity contribution in [1.29, 1.82) is 0 Å². The van der Waals surface area contributed by atoms with Crippen molar-refractivity contribution in [2.45, 2.75) is 19.6 Å². The first kappa shape index (κ1) is 10.8. The maximum absolute atomic E-state index is 12.4. The van der Waals surface area contributed by atoms with E-state index in [4.69, 9.17) is 10.8 Å². The van der Waals surface area contributed by atoms with Crippen LogP contribution in [0.25, 0.3) is 0 Å². The SMILES string of the molecule is NCc1[nH]c(=O)c(CO)cc1C(F)F. The first-order chi connectivity index (χ1) is 6.60. The van der Waals surface area contributed by atoms with Crippen molar-refractivity contribution in [2.24, 2.45) is 5.73 Å². The molecular weight excluding hydrogens is 194 g/mol. The summed E-state index contributed by atoms with van der Waals surface area (Å²) >= 11 is 0. The average molecular weight is 204 g/mol. The van der Waals surface area contributed by atoms with Gasteiger partial charge in [0.05, 0.1) is 6.61 Å². The fourth-order valence-corrected chi connectivity index (χ4v) is 1.11. The lowest BCUT2D eigenvalue weighted by Gasteiger charge is -2.07. The van der Waals surface area contributed by atoms with Crippen molar-refractivity contribution in [3.05, 3.63) is 33.2 Å². The number of nitrogens with one attached hydrogen (secondary N) is 1. The van der Waals surface area contributed by atoms with Gasteiger partial charge in [-0.2, -0.15) is 0 Å². The number of hydrogen-bond donors (Lipinski definition) is 3. The Labute approximate surface area is 78.4 Å². The molecule has 0 aliphatic heterocycles. The van der Waals surface area contributed by atoms with Gasteiger partial charge in [-0.15, -0.1) is 0 Å². The summed E-state index contributed by atoms with van der Waals surface area (Å²) in [4.78, 5) is 13.3. The van der Waals surface area contributed by atoms with E-state index in [0.29, 0.717) is 0 Å². The predicted octanol–water partition coefficient (Wildman–Crippen LogP) is 0.264. The minimum absolute atomic E-state index is 0.00204. The molecule has 0 saturated heterocycles. The molecule has 0 spiro atoms. The van der Waals surface area contributed by atoms with E-state index in [1.54, 1.807) is 0 Å². The Kier molecular flexibility index (Phi) is 3.32. The number of nitrogens with two attached hydrogens (primary N) is 1. The molecule has 6 heteroatoms. The first-order valence-corrected chi connectivity index (χ1v) is 3.94. The number of H-pyrrole nitrogens is 1. The number of hydrogen-bond acceptors (Lipinski definition) is 3. The van der Waals surface area contributed by atoms with Crippen molar-refractivity contribution < 1.29 is 13.9 Å². The lowest BCUT2D eigenvalue weighted by Crippen LogP contribution is -2.19. The molecule has 0 bridgehead atoms. The topological polar surface area (TPSA) is 79.1 Å². The van der Waals surface area contributed by atoms with Gasteiger partial charge in [0.2, 0.25) is 0 Å². The molecular formula is C8H10F2N2O2. The maximum atomic E-state index is 12.4. The molecule has 0 atom stereocenters. The molecule has 0 unspecified atom stereocenters. The summed E-state index contributed by atoms with van der Waals surface area (Å²) in [6.45, 7) is -0.736. The molecule has 0 aliphatic carbocycles. The van der Waals surface area contributed by atoms with Crippen LogP contribution in [0.15, 0.2) is 10.9 Å². The van der Waals surface area contributed by atoms with Crippen LogP contribution in [0.1, 0.15) is 23.2 Å². The van der Waals surface area contributed by atoms with Gasteiger partial charge < -0.3 is 15.8 Å². The first-order valence-electron chi connectivity index (χ1n) is 3.94. The number of aromatic amines is 1. The van der Waals surface area contributed by atoms with Crippen molar-refractivity contribution in [3.8, 4) is 0 Å². The van der Waals surface area contributed by atoms with E-state index in [0.717, 1.165) is 6.07 Å². The summed E-state index contributed by atoms with van der Waals surface area (Å²) in [6, 6.07) is 0.978. The second-order valence-corrected chi connectivity index (χ2v) is 2.72. The zero-order valence-electron chi connectivity index (χ0n) is 7.26. The van der Waals surface area contributed by atoms with E-state index in [-0.39, 0.29) is 23.4 Å². The van der Waals surface area contributed by atoms with E-state index in [1.807, 2.05) is 0 Å². The van der Waals surface area contributed by atoms with Crippen LogP contribution in [0.3, 0.4) is 0 Å². The highest BCUT2D eigenvalue weighted by Gasteiger charge is 2.15. The van der Waals surface area contributed by atoms with E-state index in [2.05, 4.69) is 4.98 Å². The normalized spacial score (nSPS) is 10.9. The highest BCUT2D eigenvalue weighted by atomic mass is 19.3. The fourth-order valence-electron chi connectivity index (χ4n) is 1.11. The summed E-state index contributed by atoms with van der Waals surface area (Å²) in [5, 5.41) is 8.69. The molecule has 1 heterocycles. The molecule has 0 amide bonds. The lowest BCUT2D eigenvalue weighted by molar-refractivity contribution is 0.149. The summed E-state index contributed by atoms with van der Waals surface area (Å²) in [6.07, 6.45) is -2.71. The van der Waals surface area contributed by atoms with Gasteiger partial charge in [0.1, 0.15) is 0 Å². The molecule has 4 N–H and O–H groups in total. The Bertz CT molecular complexity index is 376. The number of halogens is 2. The van der Waals surface area contributed by atoms with Gasteiger partial charge in [-0.3, -0.25) is 4.79 Å². The Morgan fingerprint density at radius 1 is 1.57 bits per heavy atom. The van der Waals surface area contributed by atoms with Crippen LogP contribution in [0.4, 0.5) is 8.78 Å². The second-order valence-electron chi connectivity index (χ2n) is 2.72. The van der Waals surface area contributed by atoms with Gasteiger partial charge in [-0.25, -0.2) is 8.78 Å². The highest BCUT2D eigenvalue weighted by molar-refractivity contribution is 5.26. The summed E-state index contributed by atoms with van der Waals surface area (Å²) in [5.74, 6) is 0. The minimum Gasteiger partial charge on any atom is -0.391 e. The molecule has 78 valence electrons. The maximum Gasteiger partial charge on any atom is 0.265 e. The number of aromatic nitrogens is 1.